The fourth-order valence-electron chi connectivity index (χ4n) is 3.13. The smallest absolute Gasteiger partial charge is 0.306 e. The van der Waals surface area contributed by atoms with E-state index in [1.807, 2.05) is 31.2 Å². The summed E-state index contributed by atoms with van der Waals surface area (Å²) in [5.74, 6) is -1.35. The Balaban J connectivity index is 2.04. The maximum absolute atomic E-state index is 14.1. The molecule has 0 aromatic heterocycles. The number of esters is 1. The summed E-state index contributed by atoms with van der Waals surface area (Å²) in [7, 11) is 2.80. The molecule has 0 aliphatic heterocycles. The minimum absolute atomic E-state index is 0.0129. The van der Waals surface area contributed by atoms with Crippen LogP contribution in [0.25, 0.3) is 6.08 Å². The van der Waals surface area contributed by atoms with Crippen molar-refractivity contribution >= 4 is 12.0 Å². The Bertz CT molecular complexity index is 919. The van der Waals surface area contributed by atoms with E-state index in [0.717, 1.165) is 11.6 Å². The molecule has 0 unspecified atom stereocenters. The maximum atomic E-state index is 14.1. The molecule has 0 bridgehead atoms. The van der Waals surface area contributed by atoms with Gasteiger partial charge >= 0.3 is 5.97 Å². The number of rotatable bonds is 12. The molecule has 0 aliphatic rings. The first-order valence-electron chi connectivity index (χ1n) is 10.2. The monoisotopic (exact) mass is 449 g/mol. The highest BCUT2D eigenvalue weighted by Crippen LogP contribution is 2.28. The summed E-state index contributed by atoms with van der Waals surface area (Å²) in [5, 5.41) is 10.5. The third kappa shape index (κ3) is 7.62. The van der Waals surface area contributed by atoms with Gasteiger partial charge in [0.25, 0.3) is 0 Å². The van der Waals surface area contributed by atoms with Crippen LogP contribution in [0, 0.1) is 11.6 Å². The highest BCUT2D eigenvalue weighted by atomic mass is 19.2. The van der Waals surface area contributed by atoms with E-state index < -0.39 is 23.7 Å². The van der Waals surface area contributed by atoms with Crippen molar-refractivity contribution < 1.29 is 32.9 Å². The van der Waals surface area contributed by atoms with E-state index in [1.54, 1.807) is 11.0 Å². The number of hydrogen-bond donors (Lipinski definition) is 1. The van der Waals surface area contributed by atoms with E-state index in [0.29, 0.717) is 11.5 Å². The number of ether oxygens (including phenoxy) is 3. The summed E-state index contributed by atoms with van der Waals surface area (Å²) >= 11 is 0. The Morgan fingerprint density at radius 3 is 2.66 bits per heavy atom. The molecule has 0 radical (unpaired) electrons. The van der Waals surface area contributed by atoms with E-state index in [-0.39, 0.29) is 38.2 Å². The number of aliphatic hydroxyl groups excluding tert-OH is 1. The van der Waals surface area contributed by atoms with Crippen LogP contribution in [0.3, 0.4) is 0 Å². The van der Waals surface area contributed by atoms with E-state index in [4.69, 9.17) is 9.47 Å². The first-order chi connectivity index (χ1) is 15.4. The minimum atomic E-state index is -0.954. The number of carbonyl (C=O) groups is 1. The van der Waals surface area contributed by atoms with Crippen molar-refractivity contribution in [3.63, 3.8) is 0 Å². The van der Waals surface area contributed by atoms with Crippen LogP contribution < -0.4 is 9.47 Å². The van der Waals surface area contributed by atoms with Gasteiger partial charge < -0.3 is 19.3 Å². The molecule has 6 nitrogen and oxygen atoms in total. The normalized spacial score (nSPS) is 12.2. The van der Waals surface area contributed by atoms with E-state index >= 15 is 0 Å². The Morgan fingerprint density at radius 1 is 1.19 bits per heavy atom. The van der Waals surface area contributed by atoms with Crippen molar-refractivity contribution in [3.8, 4) is 11.5 Å². The third-order valence-electron chi connectivity index (χ3n) is 4.73. The van der Waals surface area contributed by atoms with E-state index in [2.05, 4.69) is 4.74 Å². The topological polar surface area (TPSA) is 68.2 Å². The predicted octanol–water partition coefficient (Wildman–Crippen LogP) is 3.81. The molecule has 8 heteroatoms. The number of allylic oxidation sites excluding steroid dienone is 1. The molecule has 174 valence electrons. The van der Waals surface area contributed by atoms with Gasteiger partial charge in [0.05, 0.1) is 20.6 Å². The second kappa shape index (κ2) is 12.8. The molecule has 2 aromatic carbocycles. The van der Waals surface area contributed by atoms with Crippen molar-refractivity contribution in [2.45, 2.75) is 26.0 Å². The lowest BCUT2D eigenvalue weighted by Gasteiger charge is -2.25. The molecule has 0 spiro atoms. The van der Waals surface area contributed by atoms with Crippen LogP contribution in [0.5, 0.6) is 11.5 Å². The zero-order valence-corrected chi connectivity index (χ0v) is 18.5. The highest BCUT2D eigenvalue weighted by Gasteiger charge is 2.18. The maximum Gasteiger partial charge on any atom is 0.306 e. The summed E-state index contributed by atoms with van der Waals surface area (Å²) in [6.45, 7) is 2.14. The summed E-state index contributed by atoms with van der Waals surface area (Å²) < 4.78 is 43.4. The summed E-state index contributed by atoms with van der Waals surface area (Å²) in [4.78, 5) is 13.2. The number of carbonyl (C=O) groups excluding carboxylic acids is 1. The fourth-order valence-corrected chi connectivity index (χ4v) is 3.13. The van der Waals surface area contributed by atoms with Gasteiger partial charge in [-0.05, 0) is 30.7 Å². The van der Waals surface area contributed by atoms with Gasteiger partial charge in [-0.1, -0.05) is 30.4 Å². The molecular weight excluding hydrogens is 420 g/mol. The molecule has 2 rings (SSSR count). The lowest BCUT2D eigenvalue weighted by Crippen LogP contribution is -2.37. The minimum Gasteiger partial charge on any atom is -0.493 e. The van der Waals surface area contributed by atoms with Crippen LogP contribution in [-0.4, -0.2) is 56.0 Å². The zero-order valence-electron chi connectivity index (χ0n) is 18.5. The Labute approximate surface area is 187 Å². The largest absolute Gasteiger partial charge is 0.493 e. The standard InChI is InChI=1S/C24H29F2NO5/c1-4-6-17-9-10-21(22(13-17)30-2)32-16-19(28)15-27(12-11-23(29)31-3)14-18-7-5-8-20(25)24(18)26/h4-10,13,19,28H,11-12,14-16H2,1-3H3/b6-4+/t19-/m1/s1. The molecule has 0 fully saturated rings. The summed E-state index contributed by atoms with van der Waals surface area (Å²) in [6, 6.07) is 9.34. The van der Waals surface area contributed by atoms with Crippen LogP contribution in [-0.2, 0) is 16.1 Å². The average Bonchev–Trinajstić information content (AvgIpc) is 2.79. The van der Waals surface area contributed by atoms with Crippen LogP contribution >= 0.6 is 0 Å². The molecule has 32 heavy (non-hydrogen) atoms. The van der Waals surface area contributed by atoms with Crippen LogP contribution in [0.1, 0.15) is 24.5 Å². The van der Waals surface area contributed by atoms with Gasteiger partial charge in [0, 0.05) is 25.2 Å². The molecule has 2 aromatic rings. The lowest BCUT2D eigenvalue weighted by atomic mass is 10.1. The van der Waals surface area contributed by atoms with Gasteiger partial charge in [0.2, 0.25) is 0 Å². The number of hydrogen-bond acceptors (Lipinski definition) is 6. The van der Waals surface area contributed by atoms with E-state index in [1.165, 1.54) is 26.4 Å². The number of methoxy groups -OCH3 is 2. The molecule has 0 heterocycles. The Hall–Kier alpha value is -2.97. The van der Waals surface area contributed by atoms with Crippen molar-refractivity contribution in [1.82, 2.24) is 4.90 Å². The number of benzene rings is 2. The lowest BCUT2D eigenvalue weighted by molar-refractivity contribution is -0.141. The third-order valence-corrected chi connectivity index (χ3v) is 4.73. The predicted molar refractivity (Wildman–Crippen MR) is 117 cm³/mol. The van der Waals surface area contributed by atoms with Gasteiger partial charge in [-0.25, -0.2) is 8.78 Å². The molecular formula is C24H29F2NO5. The summed E-state index contributed by atoms with van der Waals surface area (Å²) in [5.41, 5.74) is 1.08. The molecule has 0 amide bonds. The number of nitrogens with zero attached hydrogens (tertiary/aromatic N) is 1. The van der Waals surface area contributed by atoms with Crippen molar-refractivity contribution in [1.29, 1.82) is 0 Å². The molecule has 1 atom stereocenters. The average molecular weight is 449 g/mol. The van der Waals surface area contributed by atoms with Crippen LogP contribution in [0.15, 0.2) is 42.5 Å². The zero-order chi connectivity index (χ0) is 23.5. The number of aliphatic hydroxyl groups is 1. The number of halogens is 2. The first kappa shape index (κ1) is 25.3. The van der Waals surface area contributed by atoms with Gasteiger partial charge in [-0.3, -0.25) is 9.69 Å². The highest BCUT2D eigenvalue weighted by molar-refractivity contribution is 5.69. The first-order valence-corrected chi connectivity index (χ1v) is 10.2. The Morgan fingerprint density at radius 2 is 1.97 bits per heavy atom. The molecule has 0 aliphatic carbocycles. The van der Waals surface area contributed by atoms with Gasteiger partial charge in [0.15, 0.2) is 23.1 Å². The van der Waals surface area contributed by atoms with Gasteiger partial charge in [-0.15, -0.1) is 0 Å². The molecule has 1 N–H and O–H groups in total. The molecule has 0 saturated heterocycles. The second-order valence-corrected chi connectivity index (χ2v) is 7.15. The molecule has 0 saturated carbocycles. The van der Waals surface area contributed by atoms with Gasteiger partial charge in [0.1, 0.15) is 12.7 Å². The Kier molecular flexibility index (Phi) is 10.1. The van der Waals surface area contributed by atoms with Crippen molar-refractivity contribution in [2.75, 3.05) is 33.9 Å². The quantitative estimate of drug-likeness (QED) is 0.497. The van der Waals surface area contributed by atoms with E-state index in [9.17, 15) is 18.7 Å². The van der Waals surface area contributed by atoms with Crippen molar-refractivity contribution in [3.05, 3.63) is 65.2 Å². The second-order valence-electron chi connectivity index (χ2n) is 7.15. The van der Waals surface area contributed by atoms with Crippen LogP contribution in [0.4, 0.5) is 8.78 Å². The summed E-state index contributed by atoms with van der Waals surface area (Å²) in [6.07, 6.45) is 2.92. The fraction of sp³-hybridized carbons (Fsp3) is 0.375. The van der Waals surface area contributed by atoms with Crippen molar-refractivity contribution in [2.24, 2.45) is 0 Å². The van der Waals surface area contributed by atoms with Gasteiger partial charge in [-0.2, -0.15) is 0 Å². The SMILES string of the molecule is C/C=C/c1ccc(OC[C@H](O)CN(CCC(=O)OC)Cc2cccc(F)c2F)c(OC)c1. The van der Waals surface area contributed by atoms with Crippen LogP contribution in [0.2, 0.25) is 0 Å².